The first kappa shape index (κ1) is 32.1. The molecule has 1 aliphatic carbocycles. The Morgan fingerprint density at radius 1 is 1.24 bits per heavy atom. The summed E-state index contributed by atoms with van der Waals surface area (Å²) in [6, 6.07) is 3.87. The van der Waals surface area contributed by atoms with Crippen molar-refractivity contribution >= 4 is 21.7 Å². The number of rotatable bonds is 12. The van der Waals surface area contributed by atoms with Crippen molar-refractivity contribution in [2.45, 2.75) is 64.6 Å². The van der Waals surface area contributed by atoms with Gasteiger partial charge >= 0.3 is 0 Å². The molecule has 13 heteroatoms. The van der Waals surface area contributed by atoms with Crippen LogP contribution in [0.2, 0.25) is 0 Å². The van der Waals surface area contributed by atoms with E-state index in [0.29, 0.717) is 37.2 Å². The summed E-state index contributed by atoms with van der Waals surface area (Å²) < 4.78 is 52.1. The summed E-state index contributed by atoms with van der Waals surface area (Å²) in [5.41, 5.74) is 0.132. The molecular weight excluding hydrogens is 563 g/mol. The van der Waals surface area contributed by atoms with E-state index in [1.807, 2.05) is 20.8 Å². The summed E-state index contributed by atoms with van der Waals surface area (Å²) in [5.74, 6) is 0.678. The Morgan fingerprint density at radius 3 is 2.69 bits per heavy atom. The van der Waals surface area contributed by atoms with Crippen LogP contribution in [0.4, 0.5) is 10.2 Å². The monoisotopic (exact) mass is 606 g/mol. The molecule has 0 spiro atoms. The van der Waals surface area contributed by atoms with Gasteiger partial charge in [-0.1, -0.05) is 0 Å². The Hall–Kier alpha value is -2.87. The number of carbonyl (C=O) groups is 1. The molecule has 232 valence electrons. The van der Waals surface area contributed by atoms with Crippen LogP contribution in [0.25, 0.3) is 0 Å². The molecule has 1 amide bonds. The molecular formula is C29H43FN6O5S. The van der Waals surface area contributed by atoms with Gasteiger partial charge in [-0.05, 0) is 70.6 Å². The van der Waals surface area contributed by atoms with Crippen molar-refractivity contribution in [1.82, 2.24) is 24.5 Å². The summed E-state index contributed by atoms with van der Waals surface area (Å²) in [4.78, 5) is 25.7. The molecule has 42 heavy (non-hydrogen) atoms. The number of nitrogens with zero attached hydrogens (tertiary/aromatic N) is 4. The third kappa shape index (κ3) is 9.06. The number of carbonyl (C=O) groups excluding carboxylic acids is 1. The molecule has 2 heterocycles. The summed E-state index contributed by atoms with van der Waals surface area (Å²) in [6.07, 6.45) is 7.77. The van der Waals surface area contributed by atoms with Crippen LogP contribution in [0, 0.1) is 11.7 Å². The maximum Gasteiger partial charge on any atom is 0.257 e. The quantitative estimate of drug-likeness (QED) is 0.373. The van der Waals surface area contributed by atoms with Crippen molar-refractivity contribution in [2.75, 3.05) is 50.9 Å². The van der Waals surface area contributed by atoms with Crippen molar-refractivity contribution < 1.29 is 27.1 Å². The zero-order chi connectivity index (χ0) is 30.3. The highest BCUT2D eigenvalue weighted by Gasteiger charge is 2.28. The van der Waals surface area contributed by atoms with Gasteiger partial charge in [0.15, 0.2) is 11.6 Å². The number of benzene rings is 1. The molecule has 0 bridgehead atoms. The van der Waals surface area contributed by atoms with E-state index in [2.05, 4.69) is 24.9 Å². The Labute approximate surface area is 248 Å². The molecule has 0 radical (unpaired) electrons. The smallest absolute Gasteiger partial charge is 0.257 e. The van der Waals surface area contributed by atoms with E-state index in [0.717, 1.165) is 45.3 Å². The van der Waals surface area contributed by atoms with Crippen molar-refractivity contribution in [1.29, 1.82) is 0 Å². The van der Waals surface area contributed by atoms with Crippen molar-refractivity contribution in [3.8, 4) is 11.5 Å². The second kappa shape index (κ2) is 14.5. The Kier molecular flexibility index (Phi) is 11.1. The van der Waals surface area contributed by atoms with Crippen LogP contribution in [-0.4, -0.2) is 97.9 Å². The molecule has 1 saturated carbocycles. The number of nitrogens with one attached hydrogen (secondary N) is 2. The fraction of sp³-hybridized carbons (Fsp3) is 0.621. The Balaban J connectivity index is 1.35. The second-order valence-electron chi connectivity index (χ2n) is 11.4. The molecule has 4 rings (SSSR count). The van der Waals surface area contributed by atoms with Crippen LogP contribution < -0.4 is 14.8 Å². The minimum atomic E-state index is -3.18. The average molecular weight is 607 g/mol. The minimum Gasteiger partial charge on any atom is -0.451 e. The lowest BCUT2D eigenvalue weighted by atomic mass is 9.86. The molecule has 2 aromatic rings. The van der Waals surface area contributed by atoms with E-state index in [4.69, 9.17) is 9.47 Å². The Bertz CT molecular complexity index is 1310. The first-order chi connectivity index (χ1) is 20.0. The highest BCUT2D eigenvalue weighted by atomic mass is 32.2. The number of hydrogen-bond acceptors (Lipinski definition) is 9. The molecule has 1 aliphatic heterocycles. The fourth-order valence-corrected chi connectivity index (χ4v) is 6.55. The summed E-state index contributed by atoms with van der Waals surface area (Å²) in [6.45, 7) is 9.85. The van der Waals surface area contributed by atoms with Crippen LogP contribution in [0.1, 0.15) is 56.8 Å². The Morgan fingerprint density at radius 2 is 2.00 bits per heavy atom. The molecule has 1 atom stereocenters. The lowest BCUT2D eigenvalue weighted by molar-refractivity contribution is -0.0276. The predicted octanol–water partition coefficient (Wildman–Crippen LogP) is 3.50. The third-order valence-electron chi connectivity index (χ3n) is 7.76. The summed E-state index contributed by atoms with van der Waals surface area (Å²) >= 11 is 0. The second-order valence-corrected chi connectivity index (χ2v) is 13.2. The number of ether oxygens (including phenoxy) is 2. The lowest BCUT2D eigenvalue weighted by Gasteiger charge is -2.37. The number of hydrogen-bond donors (Lipinski definition) is 2. The van der Waals surface area contributed by atoms with E-state index >= 15 is 0 Å². The van der Waals surface area contributed by atoms with E-state index in [-0.39, 0.29) is 35.4 Å². The lowest BCUT2D eigenvalue weighted by Crippen LogP contribution is -2.47. The largest absolute Gasteiger partial charge is 0.451 e. The van der Waals surface area contributed by atoms with Gasteiger partial charge in [-0.2, -0.15) is 0 Å². The minimum absolute atomic E-state index is 0.0343. The van der Waals surface area contributed by atoms with Gasteiger partial charge in [-0.3, -0.25) is 9.69 Å². The summed E-state index contributed by atoms with van der Waals surface area (Å²) in [5, 5.41) is 3.30. The molecule has 2 aliphatic rings. The van der Waals surface area contributed by atoms with Crippen LogP contribution in [0.3, 0.4) is 0 Å². The van der Waals surface area contributed by atoms with E-state index in [1.165, 1.54) is 37.0 Å². The van der Waals surface area contributed by atoms with Gasteiger partial charge in [0.1, 0.15) is 17.9 Å². The van der Waals surface area contributed by atoms with Crippen molar-refractivity contribution in [2.24, 2.45) is 5.92 Å². The van der Waals surface area contributed by atoms with Crippen LogP contribution in [-0.2, 0) is 14.8 Å². The first-order valence-corrected chi connectivity index (χ1v) is 16.5. The topological polar surface area (TPSA) is 126 Å². The number of anilines is 1. The van der Waals surface area contributed by atoms with Crippen LogP contribution >= 0.6 is 0 Å². The van der Waals surface area contributed by atoms with Crippen molar-refractivity contribution in [3.05, 3.63) is 42.1 Å². The number of morpholine rings is 1. The SMILES string of the molecule is CCN(C(=O)c1cc(F)ccc1Oc1cncnc1NCC1CN(C[C@H]2CC[C@H](NS(C)(=O)=O)CC2)CCO1)C(C)C. The molecule has 1 unspecified atom stereocenters. The highest BCUT2D eigenvalue weighted by molar-refractivity contribution is 7.88. The number of amides is 1. The predicted molar refractivity (Wildman–Crippen MR) is 159 cm³/mol. The molecule has 2 N–H and O–H groups in total. The van der Waals surface area contributed by atoms with Crippen LogP contribution in [0.5, 0.6) is 11.5 Å². The van der Waals surface area contributed by atoms with Gasteiger partial charge in [0, 0.05) is 44.8 Å². The average Bonchev–Trinajstić information content (AvgIpc) is 2.94. The van der Waals surface area contributed by atoms with Gasteiger partial charge in [-0.15, -0.1) is 0 Å². The fourth-order valence-electron chi connectivity index (χ4n) is 5.71. The van der Waals surface area contributed by atoms with E-state index in [1.54, 1.807) is 4.90 Å². The van der Waals surface area contributed by atoms with E-state index in [9.17, 15) is 17.6 Å². The molecule has 1 aromatic heterocycles. The summed E-state index contributed by atoms with van der Waals surface area (Å²) in [7, 11) is -3.18. The zero-order valence-electron chi connectivity index (χ0n) is 24.9. The standard InChI is InChI=1S/C29H43FN6O5S/c1-5-36(20(2)3)29(37)25-14-22(30)8-11-26(25)41-27-16-31-19-33-28(27)32-15-24-18-35(12-13-40-24)17-21-6-9-23(10-7-21)34-42(4,38)39/h8,11,14,16,19-21,23-24,34H,5-7,9-10,12-13,15,17-18H2,1-4H3,(H,31,32,33)/t21-,23-,24?. The molecule has 1 aromatic carbocycles. The molecule has 2 fully saturated rings. The maximum atomic E-state index is 14.2. The molecule has 11 nitrogen and oxygen atoms in total. The number of aromatic nitrogens is 2. The molecule has 1 saturated heterocycles. The zero-order valence-corrected chi connectivity index (χ0v) is 25.7. The third-order valence-corrected chi connectivity index (χ3v) is 8.52. The van der Waals surface area contributed by atoms with Gasteiger partial charge in [0.05, 0.1) is 30.7 Å². The van der Waals surface area contributed by atoms with Gasteiger partial charge in [0.2, 0.25) is 10.0 Å². The maximum absolute atomic E-state index is 14.2. The van der Waals surface area contributed by atoms with Crippen molar-refractivity contribution in [3.63, 3.8) is 0 Å². The first-order valence-electron chi connectivity index (χ1n) is 14.7. The number of halogens is 1. The highest BCUT2D eigenvalue weighted by Crippen LogP contribution is 2.31. The number of sulfonamides is 1. The normalized spacial score (nSPS) is 21.7. The van der Waals surface area contributed by atoms with Crippen LogP contribution in [0.15, 0.2) is 30.7 Å². The van der Waals surface area contributed by atoms with Gasteiger partial charge in [0.25, 0.3) is 5.91 Å². The van der Waals surface area contributed by atoms with Gasteiger partial charge < -0.3 is 19.7 Å². The van der Waals surface area contributed by atoms with Gasteiger partial charge in [-0.25, -0.2) is 27.5 Å². The van der Waals surface area contributed by atoms with E-state index < -0.39 is 15.8 Å².